The van der Waals surface area contributed by atoms with E-state index >= 15 is 0 Å². The highest BCUT2D eigenvalue weighted by Gasteiger charge is 2.27. The van der Waals surface area contributed by atoms with Gasteiger partial charge in [0.25, 0.3) is 5.91 Å². The minimum absolute atomic E-state index is 0.0902. The maximum absolute atomic E-state index is 12.5. The number of hydrogen-bond acceptors (Lipinski definition) is 5. The van der Waals surface area contributed by atoms with Gasteiger partial charge in [-0.2, -0.15) is 0 Å². The Morgan fingerprint density at radius 3 is 2.59 bits per heavy atom. The number of benzene rings is 1. The predicted octanol–water partition coefficient (Wildman–Crippen LogP) is 2.36. The van der Waals surface area contributed by atoms with E-state index in [1.807, 2.05) is 0 Å². The lowest BCUT2D eigenvalue weighted by Crippen LogP contribution is -2.41. The first-order valence-electron chi connectivity index (χ1n) is 10.2. The molecule has 0 saturated carbocycles. The van der Waals surface area contributed by atoms with Crippen LogP contribution < -0.4 is 10.1 Å². The van der Waals surface area contributed by atoms with Crippen LogP contribution in [0.2, 0.25) is 5.02 Å². The Morgan fingerprint density at radius 2 is 1.97 bits per heavy atom. The SMILES string of the molecule is CCN1CCC[C@H]1CNC(=O)c1ccc(OC2CCN(S(C)(=O)=O)CC2)c(Cl)c1. The van der Waals surface area contributed by atoms with Crippen LogP contribution in [0.5, 0.6) is 5.75 Å². The Hall–Kier alpha value is -1.35. The number of ether oxygens (including phenoxy) is 1. The number of carbonyl (C=O) groups is 1. The quantitative estimate of drug-likeness (QED) is 0.699. The molecule has 0 unspecified atom stereocenters. The van der Waals surface area contributed by atoms with Gasteiger partial charge in [0, 0.05) is 31.2 Å². The lowest BCUT2D eigenvalue weighted by Gasteiger charge is -2.30. The molecule has 1 aromatic carbocycles. The van der Waals surface area contributed by atoms with Crippen LogP contribution in [0.25, 0.3) is 0 Å². The summed E-state index contributed by atoms with van der Waals surface area (Å²) in [5.74, 6) is 0.386. The molecule has 1 aromatic rings. The molecule has 1 amide bonds. The van der Waals surface area contributed by atoms with E-state index in [1.54, 1.807) is 18.2 Å². The number of halogens is 1. The van der Waals surface area contributed by atoms with Gasteiger partial charge in [0.15, 0.2) is 0 Å². The molecule has 9 heteroatoms. The summed E-state index contributed by atoms with van der Waals surface area (Å²) in [6.07, 6.45) is 4.64. The van der Waals surface area contributed by atoms with Crippen LogP contribution in [-0.4, -0.2) is 74.7 Å². The number of hydrogen-bond donors (Lipinski definition) is 1. The molecule has 1 atom stereocenters. The van der Waals surface area contributed by atoms with Crippen molar-refractivity contribution in [3.8, 4) is 5.75 Å². The van der Waals surface area contributed by atoms with Crippen LogP contribution in [0.4, 0.5) is 0 Å². The average Bonchev–Trinajstić information content (AvgIpc) is 3.15. The first-order valence-corrected chi connectivity index (χ1v) is 12.4. The molecule has 0 bridgehead atoms. The Labute approximate surface area is 178 Å². The molecule has 1 N–H and O–H groups in total. The van der Waals surface area contributed by atoms with Gasteiger partial charge in [0.2, 0.25) is 10.0 Å². The molecule has 2 fully saturated rings. The number of amides is 1. The Balaban J connectivity index is 1.53. The number of likely N-dealkylation sites (N-methyl/N-ethyl adjacent to an activating group) is 1. The molecule has 0 aromatic heterocycles. The fraction of sp³-hybridized carbons (Fsp3) is 0.650. The third-order valence-electron chi connectivity index (χ3n) is 5.76. The van der Waals surface area contributed by atoms with E-state index in [2.05, 4.69) is 17.1 Å². The van der Waals surface area contributed by atoms with Gasteiger partial charge in [-0.25, -0.2) is 12.7 Å². The normalized spacial score (nSPS) is 22.0. The van der Waals surface area contributed by atoms with Crippen LogP contribution in [0, 0.1) is 0 Å². The van der Waals surface area contributed by atoms with Crippen molar-refractivity contribution in [3.05, 3.63) is 28.8 Å². The second kappa shape index (κ2) is 9.64. The first kappa shape index (κ1) is 22.3. The summed E-state index contributed by atoms with van der Waals surface area (Å²) < 4.78 is 30.6. The summed E-state index contributed by atoms with van der Waals surface area (Å²) in [5.41, 5.74) is 0.510. The number of likely N-dealkylation sites (tertiary alicyclic amines) is 1. The van der Waals surface area contributed by atoms with E-state index in [0.29, 0.717) is 54.9 Å². The molecule has 2 saturated heterocycles. The van der Waals surface area contributed by atoms with Gasteiger partial charge in [-0.05, 0) is 57.0 Å². The summed E-state index contributed by atoms with van der Waals surface area (Å²) in [7, 11) is -3.16. The van der Waals surface area contributed by atoms with Crippen LogP contribution in [0.1, 0.15) is 43.0 Å². The van der Waals surface area contributed by atoms with Gasteiger partial charge in [0.05, 0.1) is 11.3 Å². The highest BCUT2D eigenvalue weighted by atomic mass is 35.5. The van der Waals surface area contributed by atoms with Crippen LogP contribution in [0.3, 0.4) is 0 Å². The summed E-state index contributed by atoms with van der Waals surface area (Å²) in [4.78, 5) is 14.9. The molecule has 0 aliphatic carbocycles. The van der Waals surface area contributed by atoms with E-state index < -0.39 is 10.0 Å². The number of nitrogens with one attached hydrogen (secondary N) is 1. The van der Waals surface area contributed by atoms with Crippen LogP contribution in [-0.2, 0) is 10.0 Å². The van der Waals surface area contributed by atoms with Crippen molar-refractivity contribution in [3.63, 3.8) is 0 Å². The molecule has 2 aliphatic rings. The minimum atomic E-state index is -3.16. The second-order valence-electron chi connectivity index (χ2n) is 7.76. The first-order chi connectivity index (χ1) is 13.8. The minimum Gasteiger partial charge on any atom is -0.489 e. The molecule has 7 nitrogen and oxygen atoms in total. The van der Waals surface area contributed by atoms with Crippen molar-refractivity contribution >= 4 is 27.5 Å². The summed E-state index contributed by atoms with van der Waals surface area (Å²) in [6, 6.07) is 5.46. The smallest absolute Gasteiger partial charge is 0.251 e. The molecule has 0 radical (unpaired) electrons. The van der Waals surface area contributed by atoms with Crippen molar-refractivity contribution in [1.29, 1.82) is 0 Å². The second-order valence-corrected chi connectivity index (χ2v) is 10.1. The molecular formula is C20H30ClN3O4S. The fourth-order valence-corrected chi connectivity index (χ4v) is 5.15. The molecule has 3 rings (SSSR count). The van der Waals surface area contributed by atoms with Crippen LogP contribution >= 0.6 is 11.6 Å². The van der Waals surface area contributed by atoms with Crippen LogP contribution in [0.15, 0.2) is 18.2 Å². The van der Waals surface area contributed by atoms with E-state index in [-0.39, 0.29) is 12.0 Å². The number of piperidine rings is 1. The Morgan fingerprint density at radius 1 is 1.24 bits per heavy atom. The van der Waals surface area contributed by atoms with Crippen molar-refractivity contribution < 1.29 is 17.9 Å². The monoisotopic (exact) mass is 443 g/mol. The Bertz CT molecular complexity index is 825. The van der Waals surface area contributed by atoms with Gasteiger partial charge in [-0.1, -0.05) is 18.5 Å². The molecule has 162 valence electrons. The maximum atomic E-state index is 12.5. The lowest BCUT2D eigenvalue weighted by molar-refractivity contribution is 0.0941. The molecule has 2 heterocycles. The van der Waals surface area contributed by atoms with Crippen molar-refractivity contribution in [2.75, 3.05) is 39.0 Å². The zero-order valence-electron chi connectivity index (χ0n) is 17.1. The summed E-state index contributed by atoms with van der Waals surface area (Å²) in [6.45, 7) is 5.76. The topological polar surface area (TPSA) is 79.0 Å². The summed E-state index contributed by atoms with van der Waals surface area (Å²) in [5, 5.41) is 3.40. The van der Waals surface area contributed by atoms with E-state index in [0.717, 1.165) is 19.5 Å². The number of sulfonamides is 1. The largest absolute Gasteiger partial charge is 0.489 e. The standard InChI is InChI=1S/C20H30ClN3O4S/c1-3-23-10-4-5-16(23)14-22-20(25)15-6-7-19(18(21)13-15)28-17-8-11-24(12-9-17)29(2,26)27/h6-7,13,16-17H,3-5,8-12,14H2,1-2H3,(H,22,25)/t16-/m0/s1. The van der Waals surface area contributed by atoms with E-state index in [9.17, 15) is 13.2 Å². The van der Waals surface area contributed by atoms with Gasteiger partial charge < -0.3 is 10.1 Å². The lowest BCUT2D eigenvalue weighted by atomic mass is 10.1. The highest BCUT2D eigenvalue weighted by Crippen LogP contribution is 2.29. The summed E-state index contributed by atoms with van der Waals surface area (Å²) >= 11 is 6.35. The fourth-order valence-electron chi connectivity index (χ4n) is 4.05. The number of nitrogens with zero attached hydrogens (tertiary/aromatic N) is 2. The van der Waals surface area contributed by atoms with E-state index in [4.69, 9.17) is 16.3 Å². The third kappa shape index (κ3) is 5.84. The van der Waals surface area contributed by atoms with Crippen molar-refractivity contribution in [2.45, 2.75) is 44.8 Å². The van der Waals surface area contributed by atoms with Crippen molar-refractivity contribution in [2.24, 2.45) is 0 Å². The van der Waals surface area contributed by atoms with Crippen molar-refractivity contribution in [1.82, 2.24) is 14.5 Å². The third-order valence-corrected chi connectivity index (χ3v) is 7.36. The van der Waals surface area contributed by atoms with Gasteiger partial charge in [0.1, 0.15) is 11.9 Å². The zero-order chi connectivity index (χ0) is 21.0. The van der Waals surface area contributed by atoms with E-state index in [1.165, 1.54) is 17.0 Å². The van der Waals surface area contributed by atoms with Gasteiger partial charge >= 0.3 is 0 Å². The van der Waals surface area contributed by atoms with Gasteiger partial charge in [-0.3, -0.25) is 9.69 Å². The molecule has 2 aliphatic heterocycles. The number of rotatable bonds is 7. The average molecular weight is 444 g/mol. The molecule has 29 heavy (non-hydrogen) atoms. The predicted molar refractivity (Wildman–Crippen MR) is 114 cm³/mol. The molecule has 0 spiro atoms. The highest BCUT2D eigenvalue weighted by molar-refractivity contribution is 7.88. The molecular weight excluding hydrogens is 414 g/mol. The number of carbonyl (C=O) groups excluding carboxylic acids is 1. The zero-order valence-corrected chi connectivity index (χ0v) is 18.6. The maximum Gasteiger partial charge on any atom is 0.251 e. The Kier molecular flexibility index (Phi) is 7.42. The van der Waals surface area contributed by atoms with Gasteiger partial charge in [-0.15, -0.1) is 0 Å².